The Morgan fingerprint density at radius 3 is 2.07 bits per heavy atom. The van der Waals surface area contributed by atoms with Gasteiger partial charge in [-0.25, -0.2) is 17.2 Å². The van der Waals surface area contributed by atoms with Gasteiger partial charge in [-0.3, -0.25) is 13.9 Å². The third kappa shape index (κ3) is 7.84. The molecule has 0 aliphatic rings. The first-order valence-electron chi connectivity index (χ1n) is 13.8. The number of rotatable bonds is 12. The maximum atomic E-state index is 15.1. The molecule has 4 aromatic carbocycles. The largest absolute Gasteiger partial charge is 0.355 e. The smallest absolute Gasteiger partial charge is 0.264 e. The van der Waals surface area contributed by atoms with E-state index in [0.29, 0.717) is 12.1 Å². The van der Waals surface area contributed by atoms with E-state index >= 15 is 4.39 Å². The number of carbonyl (C=O) groups excluding carboxylic acids is 2. The number of hydrogen-bond acceptors (Lipinski definition) is 4. The van der Waals surface area contributed by atoms with Crippen LogP contribution in [-0.4, -0.2) is 44.3 Å². The molecule has 7 nitrogen and oxygen atoms in total. The number of hydrogen-bond donors (Lipinski definition) is 1. The Morgan fingerprint density at radius 2 is 1.44 bits per heavy atom. The predicted octanol–water partition coefficient (Wildman–Crippen LogP) is 5.24. The Balaban J connectivity index is 1.80. The van der Waals surface area contributed by atoms with Crippen LogP contribution in [0.4, 0.5) is 14.5 Å². The summed E-state index contributed by atoms with van der Waals surface area (Å²) < 4.78 is 57.4. The molecule has 43 heavy (non-hydrogen) atoms. The van der Waals surface area contributed by atoms with Crippen LogP contribution < -0.4 is 9.62 Å². The van der Waals surface area contributed by atoms with E-state index in [9.17, 15) is 22.4 Å². The molecule has 0 fully saturated rings. The number of carbonyl (C=O) groups is 2. The topological polar surface area (TPSA) is 86.8 Å². The zero-order valence-corrected chi connectivity index (χ0v) is 24.7. The van der Waals surface area contributed by atoms with E-state index in [2.05, 4.69) is 5.32 Å². The summed E-state index contributed by atoms with van der Waals surface area (Å²) in [6, 6.07) is 24.8. The molecule has 224 valence electrons. The monoisotopic (exact) mass is 605 g/mol. The van der Waals surface area contributed by atoms with Crippen molar-refractivity contribution in [1.29, 1.82) is 0 Å². The van der Waals surface area contributed by atoms with Crippen molar-refractivity contribution in [2.75, 3.05) is 17.4 Å². The van der Waals surface area contributed by atoms with E-state index in [1.807, 2.05) is 30.3 Å². The van der Waals surface area contributed by atoms with Crippen LogP contribution in [0.3, 0.4) is 0 Å². The van der Waals surface area contributed by atoms with Gasteiger partial charge in [0.05, 0.1) is 10.6 Å². The Morgan fingerprint density at radius 1 is 0.814 bits per heavy atom. The average molecular weight is 606 g/mol. The van der Waals surface area contributed by atoms with Crippen LogP contribution in [-0.2, 0) is 32.6 Å². The molecule has 0 aliphatic heterocycles. The van der Waals surface area contributed by atoms with Gasteiger partial charge in [0.2, 0.25) is 11.8 Å². The zero-order chi connectivity index (χ0) is 31.0. The van der Waals surface area contributed by atoms with Gasteiger partial charge >= 0.3 is 0 Å². The molecule has 0 spiro atoms. The Bertz CT molecular complexity index is 1650. The normalized spacial score (nSPS) is 11.9. The molecule has 4 aromatic rings. The summed E-state index contributed by atoms with van der Waals surface area (Å²) in [5.74, 6) is -2.49. The summed E-state index contributed by atoms with van der Waals surface area (Å²) in [7, 11) is -4.42. The number of sulfonamides is 1. The summed E-state index contributed by atoms with van der Waals surface area (Å²) in [6.07, 6.45) is 0.129. The lowest BCUT2D eigenvalue weighted by Gasteiger charge is -2.34. The highest BCUT2D eigenvalue weighted by molar-refractivity contribution is 7.92. The van der Waals surface area contributed by atoms with Crippen molar-refractivity contribution in [3.8, 4) is 0 Å². The minimum absolute atomic E-state index is 0.121. The first-order valence-corrected chi connectivity index (χ1v) is 15.2. The van der Waals surface area contributed by atoms with Crippen molar-refractivity contribution in [2.24, 2.45) is 0 Å². The number of aryl methyl sites for hydroxylation is 1. The average Bonchev–Trinajstić information content (AvgIpc) is 3.00. The van der Waals surface area contributed by atoms with Crippen LogP contribution in [0.1, 0.15) is 23.6 Å². The molecule has 0 radical (unpaired) electrons. The summed E-state index contributed by atoms with van der Waals surface area (Å²) >= 11 is 0. The third-order valence-corrected chi connectivity index (χ3v) is 8.67. The third-order valence-electron chi connectivity index (χ3n) is 6.90. The van der Waals surface area contributed by atoms with Crippen LogP contribution in [0.2, 0.25) is 0 Å². The SMILES string of the molecule is CCNC(=O)[C@H](Cc1ccccc1)N(Cc1ccc(F)cc1)C(=O)CN(c1ccccc1F)S(=O)(=O)c1ccc(C)cc1. The lowest BCUT2D eigenvalue weighted by Crippen LogP contribution is -2.53. The highest BCUT2D eigenvalue weighted by atomic mass is 32.2. The number of nitrogens with zero attached hydrogens (tertiary/aromatic N) is 2. The Labute approximate surface area is 250 Å². The maximum Gasteiger partial charge on any atom is 0.264 e. The molecule has 0 saturated heterocycles. The van der Waals surface area contributed by atoms with Crippen LogP contribution in [0.25, 0.3) is 0 Å². The maximum absolute atomic E-state index is 15.1. The van der Waals surface area contributed by atoms with E-state index < -0.39 is 46.1 Å². The number of nitrogens with one attached hydrogen (secondary N) is 1. The summed E-state index contributed by atoms with van der Waals surface area (Å²) in [4.78, 5) is 28.8. The Hall–Kier alpha value is -4.57. The molecule has 1 N–H and O–H groups in total. The van der Waals surface area contributed by atoms with Crippen molar-refractivity contribution in [1.82, 2.24) is 10.2 Å². The molecule has 0 unspecified atom stereocenters. The fourth-order valence-electron chi connectivity index (χ4n) is 4.64. The van der Waals surface area contributed by atoms with Gasteiger partial charge in [0.15, 0.2) is 0 Å². The number of para-hydroxylation sites is 1. The standard InChI is InChI=1S/C33H33F2N3O4S/c1-3-36-33(40)31(21-25-9-5-4-6-10-25)37(22-26-15-17-27(34)18-16-26)32(39)23-38(30-12-8-7-11-29(30)35)43(41,42)28-19-13-24(2)14-20-28/h4-20,31H,3,21-23H2,1-2H3,(H,36,40)/t31-/m0/s1. The minimum atomic E-state index is -4.42. The van der Waals surface area contributed by atoms with E-state index in [1.165, 1.54) is 59.5 Å². The highest BCUT2D eigenvalue weighted by Crippen LogP contribution is 2.27. The molecule has 0 bridgehead atoms. The van der Waals surface area contributed by atoms with Gasteiger partial charge in [-0.05, 0) is 61.4 Å². The molecule has 0 saturated carbocycles. The molecule has 0 aromatic heterocycles. The second-order valence-corrected chi connectivity index (χ2v) is 11.9. The van der Waals surface area contributed by atoms with Crippen molar-refractivity contribution in [3.05, 3.63) is 131 Å². The molecule has 0 heterocycles. The van der Waals surface area contributed by atoms with Crippen molar-refractivity contribution in [2.45, 2.75) is 37.8 Å². The van der Waals surface area contributed by atoms with E-state index in [4.69, 9.17) is 0 Å². The second-order valence-electron chi connectivity index (χ2n) is 10.0. The van der Waals surface area contributed by atoms with Gasteiger partial charge in [0.1, 0.15) is 24.2 Å². The molecule has 10 heteroatoms. The first kappa shape index (κ1) is 31.4. The predicted molar refractivity (Wildman–Crippen MR) is 162 cm³/mol. The molecule has 2 amide bonds. The molecular formula is C33H33F2N3O4S. The van der Waals surface area contributed by atoms with Gasteiger partial charge in [0, 0.05) is 19.5 Å². The van der Waals surface area contributed by atoms with Crippen LogP contribution in [0.5, 0.6) is 0 Å². The summed E-state index contributed by atoms with van der Waals surface area (Å²) in [5.41, 5.74) is 1.81. The number of benzene rings is 4. The van der Waals surface area contributed by atoms with Gasteiger partial charge in [-0.1, -0.05) is 72.3 Å². The quantitative estimate of drug-likeness (QED) is 0.239. The Kier molecular flexibility index (Phi) is 10.3. The van der Waals surface area contributed by atoms with Crippen LogP contribution in [0.15, 0.2) is 108 Å². The highest BCUT2D eigenvalue weighted by Gasteiger charge is 2.35. The van der Waals surface area contributed by atoms with Crippen molar-refractivity contribution >= 4 is 27.5 Å². The van der Waals surface area contributed by atoms with Gasteiger partial charge < -0.3 is 10.2 Å². The van der Waals surface area contributed by atoms with Gasteiger partial charge in [-0.15, -0.1) is 0 Å². The van der Waals surface area contributed by atoms with Crippen LogP contribution in [0, 0.1) is 18.6 Å². The molecule has 1 atom stereocenters. The van der Waals surface area contributed by atoms with Gasteiger partial charge in [0.25, 0.3) is 10.0 Å². The fourth-order valence-corrected chi connectivity index (χ4v) is 6.06. The molecule has 4 rings (SSSR count). The second kappa shape index (κ2) is 14.1. The number of halogens is 2. The number of amides is 2. The first-order chi connectivity index (χ1) is 20.6. The van der Waals surface area contributed by atoms with Crippen molar-refractivity contribution in [3.63, 3.8) is 0 Å². The van der Waals surface area contributed by atoms with E-state index in [1.54, 1.807) is 26.0 Å². The van der Waals surface area contributed by atoms with Crippen LogP contribution >= 0.6 is 0 Å². The summed E-state index contributed by atoms with van der Waals surface area (Å²) in [5, 5.41) is 2.77. The summed E-state index contributed by atoms with van der Waals surface area (Å²) in [6.45, 7) is 2.94. The number of anilines is 1. The lowest BCUT2D eigenvalue weighted by atomic mass is 10.0. The lowest BCUT2D eigenvalue weighted by molar-refractivity contribution is -0.140. The number of likely N-dealkylation sites (N-methyl/N-ethyl adjacent to an activating group) is 1. The minimum Gasteiger partial charge on any atom is -0.355 e. The molecule has 0 aliphatic carbocycles. The van der Waals surface area contributed by atoms with E-state index in [-0.39, 0.29) is 23.5 Å². The molecular weight excluding hydrogens is 572 g/mol. The van der Waals surface area contributed by atoms with Gasteiger partial charge in [-0.2, -0.15) is 0 Å². The zero-order valence-electron chi connectivity index (χ0n) is 23.9. The van der Waals surface area contributed by atoms with E-state index in [0.717, 1.165) is 21.5 Å². The van der Waals surface area contributed by atoms with Crippen molar-refractivity contribution < 1.29 is 26.8 Å². The fraction of sp³-hybridized carbons (Fsp3) is 0.212.